The molecule has 0 saturated heterocycles. The zero-order valence-corrected chi connectivity index (χ0v) is 13.5. The van der Waals surface area contributed by atoms with Crippen molar-refractivity contribution in [2.45, 2.75) is 0 Å². The highest BCUT2D eigenvalue weighted by molar-refractivity contribution is 6.38. The standard InChI is InChI=1S/C21H13ClFN/c22-20-17-8-4-5-9-18(17)24-21(15-10-12-16(23)13-11-15)19(20)14-6-2-1-3-7-14/h1-13H. The van der Waals surface area contributed by atoms with Gasteiger partial charge in [-0.05, 0) is 35.9 Å². The number of rotatable bonds is 2. The van der Waals surface area contributed by atoms with E-state index in [-0.39, 0.29) is 5.82 Å². The van der Waals surface area contributed by atoms with Gasteiger partial charge in [0.1, 0.15) is 5.82 Å². The fourth-order valence-electron chi connectivity index (χ4n) is 2.86. The van der Waals surface area contributed by atoms with Crippen LogP contribution in [-0.4, -0.2) is 4.98 Å². The maximum absolute atomic E-state index is 13.3. The van der Waals surface area contributed by atoms with Crippen LogP contribution in [0.25, 0.3) is 33.3 Å². The predicted octanol–water partition coefficient (Wildman–Crippen LogP) is 6.36. The highest BCUT2D eigenvalue weighted by Crippen LogP contribution is 2.40. The van der Waals surface area contributed by atoms with Crippen molar-refractivity contribution in [3.63, 3.8) is 0 Å². The van der Waals surface area contributed by atoms with Crippen molar-refractivity contribution in [2.75, 3.05) is 0 Å². The number of nitrogens with zero attached hydrogens (tertiary/aromatic N) is 1. The molecule has 4 rings (SSSR count). The molecule has 1 aromatic heterocycles. The Morgan fingerprint density at radius 3 is 2.12 bits per heavy atom. The van der Waals surface area contributed by atoms with E-state index in [0.717, 1.165) is 33.3 Å². The van der Waals surface area contributed by atoms with Crippen LogP contribution in [0.15, 0.2) is 78.9 Å². The van der Waals surface area contributed by atoms with E-state index in [1.807, 2.05) is 54.6 Å². The average Bonchev–Trinajstić information content (AvgIpc) is 2.63. The van der Waals surface area contributed by atoms with E-state index in [2.05, 4.69) is 0 Å². The largest absolute Gasteiger partial charge is 0.247 e. The first-order chi connectivity index (χ1) is 11.7. The van der Waals surface area contributed by atoms with E-state index >= 15 is 0 Å². The molecule has 116 valence electrons. The van der Waals surface area contributed by atoms with E-state index in [9.17, 15) is 4.39 Å². The zero-order valence-electron chi connectivity index (χ0n) is 12.7. The lowest BCUT2D eigenvalue weighted by Crippen LogP contribution is -1.93. The van der Waals surface area contributed by atoms with Gasteiger partial charge in [-0.1, -0.05) is 60.1 Å². The third-order valence-corrected chi connectivity index (χ3v) is 4.40. The predicted molar refractivity (Wildman–Crippen MR) is 97.6 cm³/mol. The number of benzene rings is 3. The van der Waals surface area contributed by atoms with Gasteiger partial charge in [0.15, 0.2) is 0 Å². The molecule has 0 unspecified atom stereocenters. The summed E-state index contributed by atoms with van der Waals surface area (Å²) in [6.07, 6.45) is 0. The number of hydrogen-bond donors (Lipinski definition) is 0. The quantitative estimate of drug-likeness (QED) is 0.416. The Hall–Kier alpha value is -2.71. The molecule has 1 nitrogen and oxygen atoms in total. The molecular formula is C21H13ClFN. The van der Waals surface area contributed by atoms with Gasteiger partial charge in [0, 0.05) is 16.5 Å². The minimum atomic E-state index is -0.271. The monoisotopic (exact) mass is 333 g/mol. The summed E-state index contributed by atoms with van der Waals surface area (Å²) >= 11 is 6.75. The van der Waals surface area contributed by atoms with Crippen LogP contribution < -0.4 is 0 Å². The lowest BCUT2D eigenvalue weighted by molar-refractivity contribution is 0.628. The number of hydrogen-bond acceptors (Lipinski definition) is 1. The van der Waals surface area contributed by atoms with Gasteiger partial charge in [0.2, 0.25) is 0 Å². The summed E-state index contributed by atoms with van der Waals surface area (Å²) in [7, 11) is 0. The van der Waals surface area contributed by atoms with E-state index in [1.165, 1.54) is 12.1 Å². The average molecular weight is 334 g/mol. The van der Waals surface area contributed by atoms with Crippen LogP contribution in [0.4, 0.5) is 4.39 Å². The van der Waals surface area contributed by atoms with Crippen LogP contribution in [0.3, 0.4) is 0 Å². The molecule has 1 heterocycles. The van der Waals surface area contributed by atoms with Crippen molar-refractivity contribution in [3.8, 4) is 22.4 Å². The number of aromatic nitrogens is 1. The Morgan fingerprint density at radius 1 is 0.708 bits per heavy atom. The number of pyridine rings is 1. The SMILES string of the molecule is Fc1ccc(-c2nc3ccccc3c(Cl)c2-c2ccccc2)cc1. The van der Waals surface area contributed by atoms with Crippen molar-refractivity contribution in [1.29, 1.82) is 0 Å². The van der Waals surface area contributed by atoms with Crippen molar-refractivity contribution >= 4 is 22.5 Å². The van der Waals surface area contributed by atoms with Crippen LogP contribution in [0, 0.1) is 5.82 Å². The second-order valence-electron chi connectivity index (χ2n) is 5.54. The Bertz CT molecular complexity index is 1010. The first kappa shape index (κ1) is 14.9. The first-order valence-electron chi connectivity index (χ1n) is 7.63. The molecule has 0 N–H and O–H groups in total. The second kappa shape index (κ2) is 6.06. The van der Waals surface area contributed by atoms with Crippen LogP contribution >= 0.6 is 11.6 Å². The van der Waals surface area contributed by atoms with E-state index in [1.54, 1.807) is 12.1 Å². The Morgan fingerprint density at radius 2 is 1.38 bits per heavy atom. The lowest BCUT2D eigenvalue weighted by atomic mass is 9.97. The molecule has 0 saturated carbocycles. The summed E-state index contributed by atoms with van der Waals surface area (Å²) in [6.45, 7) is 0. The molecule has 0 aliphatic heterocycles. The molecule has 0 amide bonds. The molecule has 0 aliphatic carbocycles. The molecule has 0 radical (unpaired) electrons. The fourth-order valence-corrected chi connectivity index (χ4v) is 3.22. The highest BCUT2D eigenvalue weighted by Gasteiger charge is 2.16. The summed E-state index contributed by atoms with van der Waals surface area (Å²) < 4.78 is 13.3. The Balaban J connectivity index is 2.09. The van der Waals surface area contributed by atoms with Crippen molar-refractivity contribution in [3.05, 3.63) is 89.7 Å². The van der Waals surface area contributed by atoms with Crippen molar-refractivity contribution in [2.24, 2.45) is 0 Å². The zero-order chi connectivity index (χ0) is 16.5. The molecule has 0 fully saturated rings. The van der Waals surface area contributed by atoms with Crippen LogP contribution in [-0.2, 0) is 0 Å². The molecule has 0 spiro atoms. The third-order valence-electron chi connectivity index (χ3n) is 4.01. The van der Waals surface area contributed by atoms with E-state index in [0.29, 0.717) is 5.02 Å². The molecule has 0 bridgehead atoms. The van der Waals surface area contributed by atoms with Gasteiger partial charge in [-0.3, -0.25) is 0 Å². The Kier molecular flexibility index (Phi) is 3.75. The first-order valence-corrected chi connectivity index (χ1v) is 8.01. The minimum Gasteiger partial charge on any atom is -0.247 e. The molecule has 3 heteroatoms. The second-order valence-corrected chi connectivity index (χ2v) is 5.92. The number of para-hydroxylation sites is 1. The van der Waals surface area contributed by atoms with Gasteiger partial charge >= 0.3 is 0 Å². The van der Waals surface area contributed by atoms with Crippen LogP contribution in [0.1, 0.15) is 0 Å². The summed E-state index contributed by atoms with van der Waals surface area (Å²) in [5.74, 6) is -0.271. The normalized spacial score (nSPS) is 10.9. The summed E-state index contributed by atoms with van der Waals surface area (Å²) in [4.78, 5) is 4.81. The van der Waals surface area contributed by atoms with Gasteiger partial charge in [0.05, 0.1) is 16.2 Å². The minimum absolute atomic E-state index is 0.271. The lowest BCUT2D eigenvalue weighted by Gasteiger charge is -2.14. The summed E-state index contributed by atoms with van der Waals surface area (Å²) in [6, 6.07) is 24.0. The van der Waals surface area contributed by atoms with Crippen LogP contribution in [0.5, 0.6) is 0 Å². The number of fused-ring (bicyclic) bond motifs is 1. The maximum Gasteiger partial charge on any atom is 0.123 e. The molecule has 4 aromatic rings. The van der Waals surface area contributed by atoms with Gasteiger partial charge < -0.3 is 0 Å². The molecule has 24 heavy (non-hydrogen) atoms. The molecular weight excluding hydrogens is 321 g/mol. The summed E-state index contributed by atoms with van der Waals surface area (Å²) in [5.41, 5.74) is 4.26. The maximum atomic E-state index is 13.3. The van der Waals surface area contributed by atoms with E-state index in [4.69, 9.17) is 16.6 Å². The summed E-state index contributed by atoms with van der Waals surface area (Å²) in [5, 5.41) is 1.56. The van der Waals surface area contributed by atoms with Crippen LogP contribution in [0.2, 0.25) is 5.02 Å². The van der Waals surface area contributed by atoms with Gasteiger partial charge in [-0.2, -0.15) is 0 Å². The van der Waals surface area contributed by atoms with Gasteiger partial charge in [-0.15, -0.1) is 0 Å². The van der Waals surface area contributed by atoms with Crippen molar-refractivity contribution < 1.29 is 4.39 Å². The van der Waals surface area contributed by atoms with Gasteiger partial charge in [-0.25, -0.2) is 9.37 Å². The van der Waals surface area contributed by atoms with Gasteiger partial charge in [0.25, 0.3) is 0 Å². The van der Waals surface area contributed by atoms with E-state index < -0.39 is 0 Å². The molecule has 0 aliphatic rings. The molecule has 3 aromatic carbocycles. The smallest absolute Gasteiger partial charge is 0.123 e. The fraction of sp³-hybridized carbons (Fsp3) is 0. The molecule has 0 atom stereocenters. The Labute approximate surface area is 144 Å². The number of halogens is 2. The topological polar surface area (TPSA) is 12.9 Å². The third kappa shape index (κ3) is 2.55. The van der Waals surface area contributed by atoms with Crippen molar-refractivity contribution in [1.82, 2.24) is 4.98 Å². The highest BCUT2D eigenvalue weighted by atomic mass is 35.5.